The third kappa shape index (κ3) is 5.06. The van der Waals surface area contributed by atoms with Crippen LogP contribution in [-0.2, 0) is 16.1 Å². The molecular formula is C26H28FN3O4. The summed E-state index contributed by atoms with van der Waals surface area (Å²) in [5.74, 6) is -2.56. The predicted molar refractivity (Wildman–Crippen MR) is 126 cm³/mol. The first-order valence-corrected chi connectivity index (χ1v) is 11.1. The summed E-state index contributed by atoms with van der Waals surface area (Å²) in [6.07, 6.45) is 2.36. The summed E-state index contributed by atoms with van der Waals surface area (Å²) in [6, 6.07) is 8.80. The maximum absolute atomic E-state index is 14.6. The van der Waals surface area contributed by atoms with Crippen LogP contribution in [0.25, 0.3) is 5.70 Å². The Kier molecular flexibility index (Phi) is 7.61. The lowest BCUT2D eigenvalue weighted by molar-refractivity contribution is -0.122. The molecule has 3 amide bonds. The number of carbonyl (C=O) groups excluding carboxylic acids is 4. The molecule has 0 radical (unpaired) electrons. The number of halogens is 1. The average Bonchev–Trinajstić information content (AvgIpc) is 3.02. The molecule has 1 unspecified atom stereocenters. The van der Waals surface area contributed by atoms with Crippen LogP contribution in [0.3, 0.4) is 0 Å². The van der Waals surface area contributed by atoms with Crippen LogP contribution < -0.4 is 11.1 Å². The number of Topliss-reactive ketones (excluding diaryl/α,β-unsaturated/α-hetero) is 1. The van der Waals surface area contributed by atoms with E-state index < -0.39 is 29.5 Å². The Morgan fingerprint density at radius 1 is 1.18 bits per heavy atom. The Balaban J connectivity index is 1.90. The van der Waals surface area contributed by atoms with Crippen LogP contribution in [0, 0.1) is 12.7 Å². The van der Waals surface area contributed by atoms with E-state index in [0.717, 1.165) is 10.5 Å². The van der Waals surface area contributed by atoms with Gasteiger partial charge < -0.3 is 11.1 Å². The van der Waals surface area contributed by atoms with E-state index in [2.05, 4.69) is 5.32 Å². The molecule has 0 saturated heterocycles. The number of amides is 3. The molecule has 8 heteroatoms. The number of fused-ring (bicyclic) bond motifs is 1. The molecule has 1 aliphatic heterocycles. The Labute approximate surface area is 197 Å². The number of primary amides is 1. The van der Waals surface area contributed by atoms with Gasteiger partial charge in [-0.15, -0.1) is 0 Å². The number of nitrogens with zero attached hydrogens (tertiary/aromatic N) is 1. The Hall–Kier alpha value is -3.81. The lowest BCUT2D eigenvalue weighted by Crippen LogP contribution is -2.44. The molecule has 3 rings (SSSR count). The number of benzene rings is 2. The first-order valence-electron chi connectivity index (χ1n) is 11.1. The van der Waals surface area contributed by atoms with Gasteiger partial charge in [0.25, 0.3) is 11.8 Å². The monoisotopic (exact) mass is 465 g/mol. The van der Waals surface area contributed by atoms with Gasteiger partial charge in [-0.2, -0.15) is 0 Å². The SMILES string of the molecule is CCC=C(NCc1cccc2c1C(=O)N(C(CCC(N)=O)C(C)=O)C2=O)c1ccc(C)cc1F. The van der Waals surface area contributed by atoms with Gasteiger partial charge in [-0.05, 0) is 56.0 Å². The van der Waals surface area contributed by atoms with Gasteiger partial charge in [-0.3, -0.25) is 24.1 Å². The van der Waals surface area contributed by atoms with Crippen molar-refractivity contribution in [2.24, 2.45) is 5.73 Å². The van der Waals surface area contributed by atoms with E-state index in [4.69, 9.17) is 5.73 Å². The number of hydrogen-bond acceptors (Lipinski definition) is 5. The van der Waals surface area contributed by atoms with Crippen molar-refractivity contribution in [3.63, 3.8) is 0 Å². The van der Waals surface area contributed by atoms with Gasteiger partial charge in [-0.1, -0.05) is 31.2 Å². The standard InChI is InChI=1S/C26H28FN3O4/c1-4-6-21(18-10-9-15(2)13-20(18)27)29-14-17-7-5-8-19-24(17)26(34)30(25(19)33)22(16(3)31)11-12-23(28)32/h5-10,13,22,29H,4,11-12,14H2,1-3H3,(H2,28,32). The number of imide groups is 1. The van der Waals surface area contributed by atoms with Gasteiger partial charge >= 0.3 is 0 Å². The molecule has 2 aromatic carbocycles. The largest absolute Gasteiger partial charge is 0.381 e. The minimum atomic E-state index is -1.07. The lowest BCUT2D eigenvalue weighted by atomic mass is 10.0. The van der Waals surface area contributed by atoms with Crippen LogP contribution in [-0.4, -0.2) is 34.4 Å². The smallest absolute Gasteiger partial charge is 0.262 e. The van der Waals surface area contributed by atoms with Crippen LogP contribution in [0.2, 0.25) is 0 Å². The first kappa shape index (κ1) is 24.8. The van der Waals surface area contributed by atoms with Crippen LogP contribution in [0.1, 0.15) is 70.5 Å². The molecule has 0 aromatic heterocycles. The zero-order chi connectivity index (χ0) is 25.0. The third-order valence-corrected chi connectivity index (χ3v) is 5.77. The van der Waals surface area contributed by atoms with Crippen molar-refractivity contribution in [1.29, 1.82) is 0 Å². The Bertz CT molecular complexity index is 1190. The highest BCUT2D eigenvalue weighted by Gasteiger charge is 2.42. The molecule has 0 aliphatic carbocycles. The van der Waals surface area contributed by atoms with Crippen LogP contribution in [0.4, 0.5) is 4.39 Å². The second-order valence-corrected chi connectivity index (χ2v) is 8.31. The molecule has 3 N–H and O–H groups in total. The summed E-state index contributed by atoms with van der Waals surface area (Å²) in [6.45, 7) is 5.18. The van der Waals surface area contributed by atoms with Gasteiger partial charge in [0.2, 0.25) is 5.91 Å². The van der Waals surface area contributed by atoms with Crippen LogP contribution >= 0.6 is 0 Å². The quantitative estimate of drug-likeness (QED) is 0.522. The summed E-state index contributed by atoms with van der Waals surface area (Å²) >= 11 is 0. The van der Waals surface area contributed by atoms with Gasteiger partial charge in [-0.25, -0.2) is 4.39 Å². The van der Waals surface area contributed by atoms with E-state index in [1.54, 1.807) is 18.2 Å². The molecule has 0 fully saturated rings. The molecule has 1 aliphatic rings. The Morgan fingerprint density at radius 2 is 1.91 bits per heavy atom. The van der Waals surface area contributed by atoms with Crippen molar-refractivity contribution >= 4 is 29.2 Å². The van der Waals surface area contributed by atoms with Gasteiger partial charge in [0.1, 0.15) is 5.82 Å². The number of aryl methyl sites for hydroxylation is 1. The van der Waals surface area contributed by atoms with Crippen LogP contribution in [0.15, 0.2) is 42.5 Å². The van der Waals surface area contributed by atoms with Crippen molar-refractivity contribution in [3.05, 3.63) is 76.1 Å². The second kappa shape index (κ2) is 10.4. The van der Waals surface area contributed by atoms with Crippen molar-refractivity contribution in [1.82, 2.24) is 10.2 Å². The highest BCUT2D eigenvalue weighted by molar-refractivity contribution is 6.23. The predicted octanol–water partition coefficient (Wildman–Crippen LogP) is 3.49. The van der Waals surface area contributed by atoms with Gasteiger partial charge in [0.05, 0.1) is 17.2 Å². The highest BCUT2D eigenvalue weighted by atomic mass is 19.1. The van der Waals surface area contributed by atoms with Gasteiger partial charge in [0, 0.05) is 24.2 Å². The number of ketones is 1. The van der Waals surface area contributed by atoms with E-state index in [9.17, 15) is 23.6 Å². The minimum Gasteiger partial charge on any atom is -0.381 e. The molecule has 178 valence electrons. The van der Waals surface area contributed by atoms with E-state index in [-0.39, 0.29) is 36.3 Å². The summed E-state index contributed by atoms with van der Waals surface area (Å²) in [4.78, 5) is 50.7. The fourth-order valence-electron chi connectivity index (χ4n) is 4.11. The van der Waals surface area contributed by atoms with Crippen molar-refractivity contribution in [2.75, 3.05) is 0 Å². The maximum Gasteiger partial charge on any atom is 0.262 e. The molecule has 2 aromatic rings. The summed E-state index contributed by atoms with van der Waals surface area (Å²) in [5, 5.41) is 3.20. The molecule has 0 bridgehead atoms. The summed E-state index contributed by atoms with van der Waals surface area (Å²) in [5.41, 5.74) is 7.93. The second-order valence-electron chi connectivity index (χ2n) is 8.31. The summed E-state index contributed by atoms with van der Waals surface area (Å²) < 4.78 is 14.6. The number of hydrogen-bond donors (Lipinski definition) is 2. The molecular weight excluding hydrogens is 437 g/mol. The number of carbonyl (C=O) groups is 4. The molecule has 1 heterocycles. The lowest BCUT2D eigenvalue weighted by Gasteiger charge is -2.23. The number of allylic oxidation sites excluding steroid dienone is 1. The fourth-order valence-corrected chi connectivity index (χ4v) is 4.11. The van der Waals surface area contributed by atoms with Crippen molar-refractivity contribution < 1.29 is 23.6 Å². The third-order valence-electron chi connectivity index (χ3n) is 5.77. The van der Waals surface area contributed by atoms with Crippen molar-refractivity contribution in [2.45, 2.75) is 52.6 Å². The number of rotatable bonds is 10. The average molecular weight is 466 g/mol. The normalized spacial score (nSPS) is 14.2. The zero-order valence-electron chi connectivity index (χ0n) is 19.5. The van der Waals surface area contributed by atoms with E-state index in [0.29, 0.717) is 23.2 Å². The zero-order valence-corrected chi connectivity index (χ0v) is 19.5. The van der Waals surface area contributed by atoms with Gasteiger partial charge in [0.15, 0.2) is 5.78 Å². The Morgan fingerprint density at radius 3 is 2.53 bits per heavy atom. The number of nitrogens with one attached hydrogen (secondary N) is 1. The molecule has 7 nitrogen and oxygen atoms in total. The number of nitrogens with two attached hydrogens (primary N) is 1. The van der Waals surface area contributed by atoms with E-state index in [1.807, 2.05) is 26.0 Å². The highest BCUT2D eigenvalue weighted by Crippen LogP contribution is 2.30. The first-order chi connectivity index (χ1) is 16.1. The fraction of sp³-hybridized carbons (Fsp3) is 0.308. The summed E-state index contributed by atoms with van der Waals surface area (Å²) in [7, 11) is 0. The van der Waals surface area contributed by atoms with Crippen molar-refractivity contribution in [3.8, 4) is 0 Å². The molecule has 0 spiro atoms. The van der Waals surface area contributed by atoms with E-state index >= 15 is 0 Å². The van der Waals surface area contributed by atoms with Crippen LogP contribution in [0.5, 0.6) is 0 Å². The molecule has 1 atom stereocenters. The topological polar surface area (TPSA) is 110 Å². The minimum absolute atomic E-state index is 0.0280. The maximum atomic E-state index is 14.6. The molecule has 34 heavy (non-hydrogen) atoms. The van der Waals surface area contributed by atoms with E-state index in [1.165, 1.54) is 19.1 Å². The molecule has 0 saturated carbocycles.